The van der Waals surface area contributed by atoms with E-state index in [0.29, 0.717) is 24.1 Å². The van der Waals surface area contributed by atoms with E-state index in [4.69, 9.17) is 5.73 Å². The van der Waals surface area contributed by atoms with Gasteiger partial charge in [-0.2, -0.15) is 0 Å². The number of rotatable bonds is 4. The van der Waals surface area contributed by atoms with Gasteiger partial charge in [-0.25, -0.2) is 0 Å². The number of hydrogen-bond acceptors (Lipinski definition) is 8. The number of anilines is 1. The van der Waals surface area contributed by atoms with Crippen LogP contribution in [0.15, 0.2) is 34.8 Å². The van der Waals surface area contributed by atoms with Crippen molar-refractivity contribution in [2.45, 2.75) is 26.2 Å². The third-order valence-electron chi connectivity index (χ3n) is 6.87. The Morgan fingerprint density at radius 2 is 1.82 bits per heavy atom. The molecule has 0 aliphatic heterocycles. The van der Waals surface area contributed by atoms with Crippen LogP contribution in [-0.2, 0) is 20.8 Å². The van der Waals surface area contributed by atoms with E-state index in [2.05, 4.69) is 0 Å². The summed E-state index contributed by atoms with van der Waals surface area (Å²) >= 11 is 0. The predicted molar refractivity (Wildman–Crippen MR) is 123 cm³/mol. The van der Waals surface area contributed by atoms with Gasteiger partial charge in [0, 0.05) is 37.3 Å². The molecule has 3 unspecified atom stereocenters. The molecule has 1 aromatic rings. The average molecular weight is 466 g/mol. The second kappa shape index (κ2) is 8.16. The first-order chi connectivity index (χ1) is 15.9. The Hall–Kier alpha value is -3.88. The van der Waals surface area contributed by atoms with Crippen molar-refractivity contribution in [1.82, 2.24) is 0 Å². The molecule has 34 heavy (non-hydrogen) atoms. The van der Waals surface area contributed by atoms with Gasteiger partial charge in [-0.15, -0.1) is 0 Å². The number of carbonyl (C=O) groups excluding carboxylic acids is 4. The van der Waals surface area contributed by atoms with E-state index in [1.165, 1.54) is 19.1 Å². The lowest BCUT2D eigenvalue weighted by Crippen LogP contribution is -2.43. The Kier molecular flexibility index (Phi) is 5.59. The number of benzene rings is 1. The molecule has 0 spiro atoms. The van der Waals surface area contributed by atoms with Crippen molar-refractivity contribution < 1.29 is 34.5 Å². The van der Waals surface area contributed by atoms with Crippen LogP contribution in [0.1, 0.15) is 41.3 Å². The van der Waals surface area contributed by atoms with Gasteiger partial charge in [0.1, 0.15) is 22.8 Å². The van der Waals surface area contributed by atoms with Crippen molar-refractivity contribution in [1.29, 1.82) is 0 Å². The number of phenols is 1. The van der Waals surface area contributed by atoms with Crippen LogP contribution in [0.25, 0.3) is 6.08 Å². The number of aliphatic hydroxyl groups excluding tert-OH is 2. The molecular formula is C25H26N2O7. The van der Waals surface area contributed by atoms with Gasteiger partial charge >= 0.3 is 0 Å². The summed E-state index contributed by atoms with van der Waals surface area (Å²) < 4.78 is 0. The fraction of sp³-hybridized carbons (Fsp3) is 0.360. The topological polar surface area (TPSA) is 158 Å². The fourth-order valence-corrected chi connectivity index (χ4v) is 5.44. The number of aromatic hydroxyl groups is 1. The van der Waals surface area contributed by atoms with Gasteiger partial charge in [-0.1, -0.05) is 0 Å². The predicted octanol–water partition coefficient (Wildman–Crippen LogP) is 2.13. The minimum absolute atomic E-state index is 0.00979. The smallest absolute Gasteiger partial charge is 0.255 e. The zero-order chi connectivity index (χ0) is 25.1. The number of nitrogens with zero attached hydrogens (tertiary/aromatic N) is 1. The summed E-state index contributed by atoms with van der Waals surface area (Å²) in [6, 6.07) is 1.69. The lowest BCUT2D eigenvalue weighted by molar-refractivity contribution is -0.126. The molecule has 3 aliphatic rings. The monoisotopic (exact) mass is 466 g/mol. The molecule has 0 radical (unpaired) electrons. The van der Waals surface area contributed by atoms with Gasteiger partial charge in [0.2, 0.25) is 0 Å². The van der Waals surface area contributed by atoms with E-state index in [0.717, 1.165) is 0 Å². The minimum atomic E-state index is -1.16. The van der Waals surface area contributed by atoms with Gasteiger partial charge in [0.15, 0.2) is 17.3 Å². The quantitative estimate of drug-likeness (QED) is 0.388. The Morgan fingerprint density at radius 1 is 1.15 bits per heavy atom. The van der Waals surface area contributed by atoms with Crippen molar-refractivity contribution in [3.63, 3.8) is 0 Å². The summed E-state index contributed by atoms with van der Waals surface area (Å²) in [6.45, 7) is 1.36. The van der Waals surface area contributed by atoms with Gasteiger partial charge in [-0.05, 0) is 55.4 Å². The third kappa shape index (κ3) is 3.48. The normalized spacial score (nSPS) is 24.1. The fourth-order valence-electron chi connectivity index (χ4n) is 5.44. The first-order valence-corrected chi connectivity index (χ1v) is 10.9. The van der Waals surface area contributed by atoms with Crippen LogP contribution < -0.4 is 10.6 Å². The van der Waals surface area contributed by atoms with Crippen LogP contribution in [-0.4, -0.2) is 52.7 Å². The number of fused-ring (bicyclic) bond motifs is 3. The average Bonchev–Trinajstić information content (AvgIpc) is 2.71. The van der Waals surface area contributed by atoms with Gasteiger partial charge < -0.3 is 26.0 Å². The van der Waals surface area contributed by atoms with E-state index in [-0.39, 0.29) is 34.7 Å². The molecule has 0 saturated heterocycles. The number of hydrogen-bond donors (Lipinski definition) is 4. The molecule has 1 aromatic carbocycles. The summed E-state index contributed by atoms with van der Waals surface area (Å²) in [5.41, 5.74) is 6.31. The Bertz CT molecular complexity index is 1250. The second-order valence-electron chi connectivity index (χ2n) is 9.28. The molecule has 178 valence electrons. The number of phenolic OH excluding ortho intramolecular Hbond substituents is 1. The van der Waals surface area contributed by atoms with E-state index in [1.54, 1.807) is 25.1 Å². The number of carbonyl (C=O) groups is 4. The standard InChI is InChI=1S/C25H26N2O7/c1-10(28)4-5-11-8-15(27(2)3)14-7-12-6-13-9-16(29)20(25(26)34)24(33)18(13)22(31)17(12)23(32)19(14)21(11)30/h4-5,8,12-13,18,29-31H,6-7,9H2,1-3H3,(H2,26,34)/b5-4+. The highest BCUT2D eigenvalue weighted by atomic mass is 16.3. The van der Waals surface area contributed by atoms with Gasteiger partial charge in [0.05, 0.1) is 11.5 Å². The highest BCUT2D eigenvalue weighted by molar-refractivity contribution is 6.22. The maximum absolute atomic E-state index is 13.7. The number of amides is 1. The van der Waals surface area contributed by atoms with Crippen molar-refractivity contribution >= 4 is 35.0 Å². The number of allylic oxidation sites excluding steroid dienone is 4. The van der Waals surface area contributed by atoms with Gasteiger partial charge in [0.25, 0.3) is 5.91 Å². The molecule has 9 nitrogen and oxygen atoms in total. The third-order valence-corrected chi connectivity index (χ3v) is 6.87. The van der Waals surface area contributed by atoms with Crippen LogP contribution in [0.4, 0.5) is 5.69 Å². The van der Waals surface area contributed by atoms with Crippen molar-refractivity contribution in [3.05, 3.63) is 51.5 Å². The van der Waals surface area contributed by atoms with Gasteiger partial charge in [-0.3, -0.25) is 19.2 Å². The molecule has 0 saturated carbocycles. The SMILES string of the molecule is CC(=O)/C=C/c1cc(N(C)C)c2c(c1O)C(=O)C1=C(O)C3C(=O)C(C(N)=O)=C(O)CC3CC1C2. The summed E-state index contributed by atoms with van der Waals surface area (Å²) in [5.74, 6) is -5.97. The van der Waals surface area contributed by atoms with E-state index < -0.39 is 52.3 Å². The molecule has 0 fully saturated rings. The first kappa shape index (κ1) is 23.3. The zero-order valence-corrected chi connectivity index (χ0v) is 19.1. The molecule has 0 aromatic heterocycles. The highest BCUT2D eigenvalue weighted by Gasteiger charge is 2.50. The molecule has 3 atom stereocenters. The lowest BCUT2D eigenvalue weighted by atomic mass is 9.62. The van der Waals surface area contributed by atoms with E-state index in [9.17, 15) is 34.5 Å². The lowest BCUT2D eigenvalue weighted by Gasteiger charge is -2.41. The molecule has 0 heterocycles. The van der Waals surface area contributed by atoms with Crippen LogP contribution in [0, 0.1) is 17.8 Å². The molecule has 0 bridgehead atoms. The summed E-state index contributed by atoms with van der Waals surface area (Å²) in [7, 11) is 3.59. The van der Waals surface area contributed by atoms with Crippen molar-refractivity contribution in [2.75, 3.05) is 19.0 Å². The first-order valence-electron chi connectivity index (χ1n) is 10.9. The molecular weight excluding hydrogens is 440 g/mol. The van der Waals surface area contributed by atoms with E-state index >= 15 is 0 Å². The second-order valence-corrected chi connectivity index (χ2v) is 9.28. The van der Waals surface area contributed by atoms with Crippen LogP contribution in [0.3, 0.4) is 0 Å². The Labute approximate surface area is 195 Å². The number of ketones is 3. The van der Waals surface area contributed by atoms with Crippen molar-refractivity contribution in [2.24, 2.45) is 23.5 Å². The molecule has 5 N–H and O–H groups in total. The number of Topliss-reactive ketones (excluding diaryl/α,β-unsaturated/α-hetero) is 2. The maximum atomic E-state index is 13.7. The summed E-state index contributed by atoms with van der Waals surface area (Å²) in [4.78, 5) is 51.5. The Morgan fingerprint density at radius 3 is 2.41 bits per heavy atom. The number of primary amides is 1. The summed E-state index contributed by atoms with van der Waals surface area (Å²) in [6.07, 6.45) is 3.35. The van der Waals surface area contributed by atoms with Crippen LogP contribution >= 0.6 is 0 Å². The highest BCUT2D eigenvalue weighted by Crippen LogP contribution is 2.51. The molecule has 4 rings (SSSR count). The number of nitrogens with two attached hydrogens (primary N) is 1. The van der Waals surface area contributed by atoms with Crippen LogP contribution in [0.5, 0.6) is 5.75 Å². The Balaban J connectivity index is 1.89. The minimum Gasteiger partial charge on any atom is -0.511 e. The van der Waals surface area contributed by atoms with Crippen molar-refractivity contribution in [3.8, 4) is 5.75 Å². The molecule has 9 heteroatoms. The van der Waals surface area contributed by atoms with E-state index in [1.807, 2.05) is 0 Å². The maximum Gasteiger partial charge on any atom is 0.255 e. The molecule has 1 amide bonds. The van der Waals surface area contributed by atoms with Crippen LogP contribution in [0.2, 0.25) is 0 Å². The number of aliphatic hydroxyl groups is 2. The molecule has 3 aliphatic carbocycles. The zero-order valence-electron chi connectivity index (χ0n) is 19.1. The summed E-state index contributed by atoms with van der Waals surface area (Å²) in [5, 5.41) is 32.3. The largest absolute Gasteiger partial charge is 0.511 e.